The lowest BCUT2D eigenvalue weighted by atomic mass is 10.1. The van der Waals surface area contributed by atoms with Gasteiger partial charge in [-0.15, -0.1) is 0 Å². The number of benzene rings is 3. The van der Waals surface area contributed by atoms with Crippen LogP contribution in [0, 0.1) is 4.77 Å². The number of rotatable bonds is 6. The fourth-order valence-corrected chi connectivity index (χ4v) is 3.92. The Bertz CT molecular complexity index is 1430. The van der Waals surface area contributed by atoms with Gasteiger partial charge in [0.15, 0.2) is 4.77 Å². The smallest absolute Gasteiger partial charge is 0.262 e. The summed E-state index contributed by atoms with van der Waals surface area (Å²) in [5.41, 5.74) is 2.34. The van der Waals surface area contributed by atoms with Gasteiger partial charge in [-0.3, -0.25) is 14.2 Å². The van der Waals surface area contributed by atoms with Gasteiger partial charge in [0.2, 0.25) is 0 Å². The summed E-state index contributed by atoms with van der Waals surface area (Å²) in [6.45, 7) is 0.571. The van der Waals surface area contributed by atoms with Crippen LogP contribution in [0.5, 0.6) is 5.75 Å². The Morgan fingerprint density at radius 1 is 1.09 bits per heavy atom. The fourth-order valence-electron chi connectivity index (χ4n) is 3.46. The molecule has 1 aromatic heterocycles. The first-order chi connectivity index (χ1) is 15.5. The van der Waals surface area contributed by atoms with E-state index in [1.54, 1.807) is 31.4 Å². The van der Waals surface area contributed by atoms with Crippen molar-refractivity contribution in [2.45, 2.75) is 13.1 Å². The number of methoxy groups -OCH3 is 1. The minimum absolute atomic E-state index is 0.238. The SMILES string of the molecule is COc1ccccc1Cn1c(=S)[nH]c2cc(C(=O)NCc3ccccc3Cl)ccc2c1=O. The van der Waals surface area contributed by atoms with Crippen LogP contribution < -0.4 is 15.6 Å². The second-order valence-corrected chi connectivity index (χ2v) is 7.96. The Kier molecular flexibility index (Phi) is 6.39. The van der Waals surface area contributed by atoms with Crippen LogP contribution in [0.1, 0.15) is 21.5 Å². The number of halogens is 1. The molecule has 0 saturated carbocycles. The van der Waals surface area contributed by atoms with Crippen LogP contribution in [-0.2, 0) is 13.1 Å². The summed E-state index contributed by atoms with van der Waals surface area (Å²) in [5, 5.41) is 3.88. The normalized spacial score (nSPS) is 10.8. The molecule has 6 nitrogen and oxygen atoms in total. The molecule has 0 unspecified atom stereocenters. The van der Waals surface area contributed by atoms with Crippen molar-refractivity contribution >= 4 is 40.6 Å². The van der Waals surface area contributed by atoms with Gasteiger partial charge in [0.25, 0.3) is 11.5 Å². The standard InChI is InChI=1S/C24H20ClN3O3S/c1-31-21-9-5-3-7-17(21)14-28-23(30)18-11-10-15(12-20(18)27-24(28)32)22(29)26-13-16-6-2-4-8-19(16)25/h2-12H,13-14H2,1H3,(H,26,29)(H,27,32). The molecule has 0 bridgehead atoms. The van der Waals surface area contributed by atoms with E-state index in [4.69, 9.17) is 28.6 Å². The first-order valence-corrected chi connectivity index (χ1v) is 10.7. The zero-order valence-corrected chi connectivity index (χ0v) is 18.8. The Balaban J connectivity index is 1.62. The van der Waals surface area contributed by atoms with Gasteiger partial charge in [-0.05, 0) is 48.1 Å². The largest absolute Gasteiger partial charge is 0.496 e. The van der Waals surface area contributed by atoms with Crippen LogP contribution in [0.3, 0.4) is 0 Å². The molecule has 0 aliphatic carbocycles. The molecule has 3 aromatic carbocycles. The average molecular weight is 466 g/mol. The predicted octanol–water partition coefficient (Wildman–Crippen LogP) is 4.70. The second kappa shape index (κ2) is 9.38. The Morgan fingerprint density at radius 3 is 2.56 bits per heavy atom. The monoisotopic (exact) mass is 465 g/mol. The van der Waals surface area contributed by atoms with Crippen LogP contribution in [-0.4, -0.2) is 22.6 Å². The predicted molar refractivity (Wildman–Crippen MR) is 128 cm³/mol. The summed E-state index contributed by atoms with van der Waals surface area (Å²) in [6.07, 6.45) is 0. The van der Waals surface area contributed by atoms with Crippen LogP contribution in [0.25, 0.3) is 10.9 Å². The number of hydrogen-bond donors (Lipinski definition) is 2. The molecule has 0 fully saturated rings. The van der Waals surface area contributed by atoms with E-state index in [2.05, 4.69) is 10.3 Å². The van der Waals surface area contributed by atoms with Crippen molar-refractivity contribution in [1.82, 2.24) is 14.9 Å². The maximum absolute atomic E-state index is 13.1. The highest BCUT2D eigenvalue weighted by atomic mass is 35.5. The minimum atomic E-state index is -0.274. The number of carbonyl (C=O) groups excluding carboxylic acids is 1. The fraction of sp³-hybridized carbons (Fsp3) is 0.125. The molecular formula is C24H20ClN3O3S. The van der Waals surface area contributed by atoms with Crippen molar-refractivity contribution in [3.63, 3.8) is 0 Å². The van der Waals surface area contributed by atoms with Gasteiger partial charge in [0.05, 0.1) is 24.6 Å². The molecule has 0 aliphatic rings. The minimum Gasteiger partial charge on any atom is -0.496 e. The Hall–Kier alpha value is -3.42. The molecule has 1 heterocycles. The van der Waals surface area contributed by atoms with Gasteiger partial charge in [-0.2, -0.15) is 0 Å². The highest BCUT2D eigenvalue weighted by Crippen LogP contribution is 2.19. The number of nitrogens with one attached hydrogen (secondary N) is 2. The van der Waals surface area contributed by atoms with Crippen molar-refractivity contribution in [1.29, 1.82) is 0 Å². The number of para-hydroxylation sites is 1. The molecule has 2 N–H and O–H groups in total. The van der Waals surface area contributed by atoms with E-state index in [0.717, 1.165) is 11.1 Å². The number of aromatic nitrogens is 2. The van der Waals surface area contributed by atoms with E-state index in [-0.39, 0.29) is 22.8 Å². The van der Waals surface area contributed by atoms with Crippen LogP contribution in [0.4, 0.5) is 0 Å². The number of hydrogen-bond acceptors (Lipinski definition) is 4. The lowest BCUT2D eigenvalue weighted by Crippen LogP contribution is -2.25. The number of carbonyl (C=O) groups is 1. The van der Waals surface area contributed by atoms with Gasteiger partial charge < -0.3 is 15.0 Å². The molecule has 0 saturated heterocycles. The molecule has 0 spiro atoms. The summed E-state index contributed by atoms with van der Waals surface area (Å²) in [7, 11) is 1.58. The number of nitrogens with zero attached hydrogens (tertiary/aromatic N) is 1. The molecule has 0 radical (unpaired) electrons. The van der Waals surface area contributed by atoms with E-state index in [0.29, 0.717) is 33.8 Å². The van der Waals surface area contributed by atoms with Crippen molar-refractivity contribution in [2.75, 3.05) is 7.11 Å². The van der Waals surface area contributed by atoms with Gasteiger partial charge in [0.1, 0.15) is 5.75 Å². The molecular weight excluding hydrogens is 446 g/mol. The van der Waals surface area contributed by atoms with E-state index >= 15 is 0 Å². The zero-order chi connectivity index (χ0) is 22.7. The molecule has 162 valence electrons. The summed E-state index contributed by atoms with van der Waals surface area (Å²) in [5.74, 6) is 0.406. The molecule has 0 atom stereocenters. The van der Waals surface area contributed by atoms with Crippen molar-refractivity contribution in [3.05, 3.63) is 104 Å². The van der Waals surface area contributed by atoms with Gasteiger partial charge in [-0.1, -0.05) is 48.0 Å². The molecule has 1 amide bonds. The third-order valence-electron chi connectivity index (χ3n) is 5.16. The number of ether oxygens (including phenoxy) is 1. The van der Waals surface area contributed by atoms with Gasteiger partial charge in [-0.25, -0.2) is 0 Å². The maximum atomic E-state index is 13.1. The maximum Gasteiger partial charge on any atom is 0.262 e. The topological polar surface area (TPSA) is 76.1 Å². The van der Waals surface area contributed by atoms with E-state index in [9.17, 15) is 9.59 Å². The lowest BCUT2D eigenvalue weighted by Gasteiger charge is -2.12. The quantitative estimate of drug-likeness (QED) is 0.405. The van der Waals surface area contributed by atoms with E-state index < -0.39 is 0 Å². The summed E-state index contributed by atoms with van der Waals surface area (Å²) in [6, 6.07) is 19.7. The Labute approximate surface area is 194 Å². The molecule has 4 aromatic rings. The number of amides is 1. The summed E-state index contributed by atoms with van der Waals surface area (Å²) >= 11 is 11.6. The van der Waals surface area contributed by atoms with Crippen LogP contribution in [0.15, 0.2) is 71.5 Å². The van der Waals surface area contributed by atoms with E-state index in [1.165, 1.54) is 4.57 Å². The van der Waals surface area contributed by atoms with Gasteiger partial charge >= 0.3 is 0 Å². The first-order valence-electron chi connectivity index (χ1n) is 9.88. The Morgan fingerprint density at radius 2 is 1.81 bits per heavy atom. The third-order valence-corrected chi connectivity index (χ3v) is 5.85. The van der Waals surface area contributed by atoms with E-state index in [1.807, 2.05) is 42.5 Å². The summed E-state index contributed by atoms with van der Waals surface area (Å²) < 4.78 is 7.12. The average Bonchev–Trinajstić information content (AvgIpc) is 2.81. The first kappa shape index (κ1) is 21.8. The van der Waals surface area contributed by atoms with Crippen molar-refractivity contribution < 1.29 is 9.53 Å². The molecule has 4 rings (SSSR count). The third kappa shape index (κ3) is 4.44. The van der Waals surface area contributed by atoms with Gasteiger partial charge in [0, 0.05) is 22.7 Å². The van der Waals surface area contributed by atoms with Crippen molar-refractivity contribution in [3.8, 4) is 5.75 Å². The highest BCUT2D eigenvalue weighted by Gasteiger charge is 2.12. The highest BCUT2D eigenvalue weighted by molar-refractivity contribution is 7.71. The number of aromatic amines is 1. The second-order valence-electron chi connectivity index (χ2n) is 7.17. The molecule has 32 heavy (non-hydrogen) atoms. The van der Waals surface area contributed by atoms with Crippen molar-refractivity contribution in [2.24, 2.45) is 0 Å². The molecule has 8 heteroatoms. The number of fused-ring (bicyclic) bond motifs is 1. The molecule has 0 aliphatic heterocycles. The number of H-pyrrole nitrogens is 1. The van der Waals surface area contributed by atoms with Crippen LogP contribution >= 0.6 is 23.8 Å². The zero-order valence-electron chi connectivity index (χ0n) is 17.2. The lowest BCUT2D eigenvalue weighted by molar-refractivity contribution is 0.0951. The summed E-state index contributed by atoms with van der Waals surface area (Å²) in [4.78, 5) is 28.8. The van der Waals surface area contributed by atoms with Crippen LogP contribution in [0.2, 0.25) is 5.02 Å².